The molecule has 4 rings (SSSR count). The number of carboxylic acid groups (broad SMARTS) is 1. The van der Waals surface area contributed by atoms with Gasteiger partial charge in [-0.1, -0.05) is 6.07 Å². The molecular weight excluding hydrogens is 370 g/mol. The van der Waals surface area contributed by atoms with Crippen LogP contribution in [0.5, 0.6) is 5.75 Å². The van der Waals surface area contributed by atoms with Crippen LogP contribution in [0.2, 0.25) is 0 Å². The molecule has 2 aromatic heterocycles. The Morgan fingerprint density at radius 2 is 2.14 bits per heavy atom. The van der Waals surface area contributed by atoms with Gasteiger partial charge in [-0.3, -0.25) is 9.59 Å². The van der Waals surface area contributed by atoms with Crippen molar-refractivity contribution >= 4 is 35.2 Å². The van der Waals surface area contributed by atoms with Crippen molar-refractivity contribution in [3.63, 3.8) is 0 Å². The second-order valence-electron chi connectivity index (χ2n) is 5.86. The molecule has 1 aromatic carbocycles. The number of carbonyl (C=O) groups excluding carboxylic acids is 2. The largest absolute Gasteiger partial charge is 0.482 e. The van der Waals surface area contributed by atoms with Gasteiger partial charge in [0.25, 0.3) is 17.6 Å². The first-order valence-electron chi connectivity index (χ1n) is 8.01. The van der Waals surface area contributed by atoms with Crippen LogP contribution in [0.15, 0.2) is 24.3 Å². The highest BCUT2D eigenvalue weighted by Gasteiger charge is 2.19. The predicted octanol–water partition coefficient (Wildman–Crippen LogP) is -0.334. The summed E-state index contributed by atoms with van der Waals surface area (Å²) in [5.74, 6) is -1.90. The first-order valence-corrected chi connectivity index (χ1v) is 8.01. The highest BCUT2D eigenvalue weighted by Crippen LogP contribution is 2.28. The Morgan fingerprint density at radius 3 is 2.93 bits per heavy atom. The van der Waals surface area contributed by atoms with Gasteiger partial charge in [0.1, 0.15) is 11.4 Å². The number of rotatable bonds is 4. The van der Waals surface area contributed by atoms with Crippen LogP contribution in [-0.2, 0) is 11.3 Å². The third kappa shape index (κ3) is 3.13. The van der Waals surface area contributed by atoms with Crippen molar-refractivity contribution in [2.24, 2.45) is 0 Å². The summed E-state index contributed by atoms with van der Waals surface area (Å²) in [4.78, 5) is 43.0. The number of aromatic carboxylic acids is 1. The van der Waals surface area contributed by atoms with Gasteiger partial charge in [0.05, 0.1) is 5.69 Å². The maximum absolute atomic E-state index is 12.4. The van der Waals surface area contributed by atoms with Crippen molar-refractivity contribution in [2.75, 3.05) is 17.7 Å². The Bertz CT molecular complexity index is 1140. The van der Waals surface area contributed by atoms with Crippen LogP contribution in [-0.4, -0.2) is 49.1 Å². The zero-order chi connectivity index (χ0) is 19.8. The molecule has 1 aliphatic rings. The topological polar surface area (TPSA) is 174 Å². The van der Waals surface area contributed by atoms with Crippen LogP contribution >= 0.6 is 0 Å². The molecular formula is C16H13N7O5. The summed E-state index contributed by atoms with van der Waals surface area (Å²) in [6.07, 6.45) is 0. The molecule has 3 aromatic rings. The van der Waals surface area contributed by atoms with Crippen LogP contribution < -0.4 is 21.1 Å². The first-order chi connectivity index (χ1) is 13.4. The van der Waals surface area contributed by atoms with Crippen molar-refractivity contribution < 1.29 is 24.2 Å². The van der Waals surface area contributed by atoms with Gasteiger partial charge in [0.15, 0.2) is 12.3 Å². The maximum atomic E-state index is 12.4. The van der Waals surface area contributed by atoms with Crippen molar-refractivity contribution in [3.8, 4) is 5.75 Å². The number of anilines is 2. The Kier molecular flexibility index (Phi) is 3.99. The Morgan fingerprint density at radius 1 is 1.32 bits per heavy atom. The van der Waals surface area contributed by atoms with E-state index in [1.165, 1.54) is 0 Å². The van der Waals surface area contributed by atoms with Gasteiger partial charge >= 0.3 is 5.97 Å². The van der Waals surface area contributed by atoms with Gasteiger partial charge in [0, 0.05) is 12.6 Å². The summed E-state index contributed by atoms with van der Waals surface area (Å²) in [6, 6.07) is 6.17. The molecule has 0 bridgehead atoms. The summed E-state index contributed by atoms with van der Waals surface area (Å²) in [5.41, 5.74) is 6.23. The highest BCUT2D eigenvalue weighted by atomic mass is 16.5. The van der Waals surface area contributed by atoms with E-state index < -0.39 is 11.9 Å². The van der Waals surface area contributed by atoms with Gasteiger partial charge < -0.3 is 26.2 Å². The second kappa shape index (κ2) is 6.50. The number of nitrogens with one attached hydrogen (secondary N) is 2. The molecule has 0 spiro atoms. The predicted molar refractivity (Wildman–Crippen MR) is 93.9 cm³/mol. The van der Waals surface area contributed by atoms with Crippen molar-refractivity contribution in [3.05, 3.63) is 41.2 Å². The minimum atomic E-state index is -1.31. The van der Waals surface area contributed by atoms with Crippen LogP contribution in [0.4, 0.5) is 11.6 Å². The SMILES string of the molecule is Nc1nc2nc(C(=O)NCc3ccc4c(c3)NC(=O)CO4)cc(C(=O)O)n2n1. The first kappa shape index (κ1) is 17.2. The van der Waals surface area contributed by atoms with E-state index in [0.717, 1.165) is 10.6 Å². The van der Waals surface area contributed by atoms with Gasteiger partial charge in [-0.05, 0) is 17.7 Å². The fraction of sp³-hybridized carbons (Fsp3) is 0.125. The zero-order valence-corrected chi connectivity index (χ0v) is 14.2. The van der Waals surface area contributed by atoms with Gasteiger partial charge in [-0.15, -0.1) is 5.10 Å². The zero-order valence-electron chi connectivity index (χ0n) is 14.2. The standard InChI is InChI=1S/C16H13N7O5/c17-15-21-16-20-9(4-10(14(26)27)23(16)22-15)13(25)18-5-7-1-2-11-8(3-7)19-12(24)6-28-11/h1-4H,5-6H2,(H2,17,22)(H,18,25)(H,19,24)(H,26,27). The maximum Gasteiger partial charge on any atom is 0.354 e. The van der Waals surface area contributed by atoms with Crippen molar-refractivity contribution in [1.82, 2.24) is 24.9 Å². The normalized spacial score (nSPS) is 12.8. The molecule has 0 radical (unpaired) electrons. The van der Waals surface area contributed by atoms with Gasteiger partial charge in [-0.2, -0.15) is 9.50 Å². The highest BCUT2D eigenvalue weighted by molar-refractivity contribution is 5.96. The summed E-state index contributed by atoms with van der Waals surface area (Å²) in [6.45, 7) is 0.0718. The number of benzene rings is 1. The number of hydrogen-bond donors (Lipinski definition) is 4. The fourth-order valence-electron chi connectivity index (χ4n) is 2.67. The minimum Gasteiger partial charge on any atom is -0.482 e. The number of nitrogens with two attached hydrogens (primary N) is 1. The third-order valence-electron chi connectivity index (χ3n) is 3.91. The molecule has 0 fully saturated rings. The summed E-state index contributed by atoms with van der Waals surface area (Å²) >= 11 is 0. The molecule has 0 saturated heterocycles. The number of nitrogen functional groups attached to an aromatic ring is 1. The smallest absolute Gasteiger partial charge is 0.354 e. The molecule has 0 atom stereocenters. The van der Waals surface area contributed by atoms with Crippen LogP contribution in [0.25, 0.3) is 5.78 Å². The van der Waals surface area contributed by atoms with E-state index in [9.17, 15) is 19.5 Å². The van der Waals surface area contributed by atoms with E-state index in [2.05, 4.69) is 25.7 Å². The van der Waals surface area contributed by atoms with E-state index in [0.29, 0.717) is 17.0 Å². The molecule has 0 aliphatic carbocycles. The molecule has 142 valence electrons. The average molecular weight is 383 g/mol. The second-order valence-corrected chi connectivity index (χ2v) is 5.86. The number of nitrogens with zero attached hydrogens (tertiary/aromatic N) is 4. The van der Waals surface area contributed by atoms with E-state index >= 15 is 0 Å². The quantitative estimate of drug-likeness (QED) is 0.470. The van der Waals surface area contributed by atoms with Crippen LogP contribution in [0.3, 0.4) is 0 Å². The van der Waals surface area contributed by atoms with E-state index in [-0.39, 0.29) is 42.2 Å². The number of amides is 2. The number of hydrogen-bond acceptors (Lipinski definition) is 8. The molecule has 28 heavy (non-hydrogen) atoms. The molecule has 5 N–H and O–H groups in total. The Hall–Kier alpha value is -4.22. The molecule has 12 heteroatoms. The van der Waals surface area contributed by atoms with Gasteiger partial charge in [0.2, 0.25) is 5.95 Å². The number of fused-ring (bicyclic) bond motifs is 2. The lowest BCUT2D eigenvalue weighted by atomic mass is 10.1. The monoisotopic (exact) mass is 383 g/mol. The van der Waals surface area contributed by atoms with E-state index in [1.54, 1.807) is 18.2 Å². The number of ether oxygens (including phenoxy) is 1. The Balaban J connectivity index is 1.55. The molecule has 0 saturated carbocycles. The molecule has 3 heterocycles. The number of aromatic nitrogens is 4. The summed E-state index contributed by atoms with van der Waals surface area (Å²) in [5, 5.41) is 18.4. The summed E-state index contributed by atoms with van der Waals surface area (Å²) in [7, 11) is 0. The summed E-state index contributed by atoms with van der Waals surface area (Å²) < 4.78 is 6.22. The molecule has 0 unspecified atom stereocenters. The lowest BCUT2D eigenvalue weighted by Crippen LogP contribution is -2.27. The van der Waals surface area contributed by atoms with E-state index in [4.69, 9.17) is 10.5 Å². The molecule has 12 nitrogen and oxygen atoms in total. The van der Waals surface area contributed by atoms with Crippen LogP contribution in [0, 0.1) is 0 Å². The van der Waals surface area contributed by atoms with Gasteiger partial charge in [-0.25, -0.2) is 9.78 Å². The van der Waals surface area contributed by atoms with Crippen molar-refractivity contribution in [1.29, 1.82) is 0 Å². The lowest BCUT2D eigenvalue weighted by molar-refractivity contribution is -0.118. The van der Waals surface area contributed by atoms with Crippen LogP contribution in [0.1, 0.15) is 26.5 Å². The van der Waals surface area contributed by atoms with Crippen molar-refractivity contribution in [2.45, 2.75) is 6.54 Å². The minimum absolute atomic E-state index is 0.0454. The number of carbonyl (C=O) groups is 3. The number of carboxylic acids is 1. The average Bonchev–Trinajstić information content (AvgIpc) is 3.04. The fourth-order valence-corrected chi connectivity index (χ4v) is 2.67. The lowest BCUT2D eigenvalue weighted by Gasteiger charge is -2.18. The Labute approximate surface area is 156 Å². The molecule has 1 aliphatic heterocycles. The third-order valence-corrected chi connectivity index (χ3v) is 3.91. The van der Waals surface area contributed by atoms with E-state index in [1.807, 2.05) is 0 Å². The molecule has 2 amide bonds.